The Morgan fingerprint density at radius 3 is 2.69 bits per heavy atom. The first-order chi connectivity index (χ1) is 12.4. The van der Waals surface area contributed by atoms with Crippen molar-refractivity contribution in [1.29, 1.82) is 0 Å². The summed E-state index contributed by atoms with van der Waals surface area (Å²) >= 11 is 0. The Labute approximate surface area is 148 Å². The number of urea groups is 1. The van der Waals surface area contributed by atoms with Crippen LogP contribution < -0.4 is 15.5 Å². The summed E-state index contributed by atoms with van der Waals surface area (Å²) in [7, 11) is 1.39. The van der Waals surface area contributed by atoms with Crippen LogP contribution in [0, 0.1) is 0 Å². The monoisotopic (exact) mass is 371 g/mol. The second-order valence-electron chi connectivity index (χ2n) is 5.52. The number of nitrogens with zero attached hydrogens (tertiary/aromatic N) is 1. The maximum atomic E-state index is 11.8. The van der Waals surface area contributed by atoms with Crippen LogP contribution in [0.25, 0.3) is 0 Å². The maximum absolute atomic E-state index is 11.8. The van der Waals surface area contributed by atoms with Gasteiger partial charge in [0.25, 0.3) is 0 Å². The van der Waals surface area contributed by atoms with E-state index in [1.54, 1.807) is 6.07 Å². The van der Waals surface area contributed by atoms with Crippen molar-refractivity contribution < 1.29 is 39.8 Å². The number of methoxy groups -OCH3 is 1. The summed E-state index contributed by atoms with van der Waals surface area (Å²) in [5, 5.41) is 53.6. The number of amides is 2. The second-order valence-corrected chi connectivity index (χ2v) is 5.52. The lowest BCUT2D eigenvalue weighted by Gasteiger charge is -2.39. The molecule has 0 aliphatic carbocycles. The van der Waals surface area contributed by atoms with Crippen LogP contribution in [0.15, 0.2) is 23.3 Å². The fraction of sp³-hybridized carbons (Fsp3) is 0.467. The highest BCUT2D eigenvalue weighted by Gasteiger charge is 2.43. The third kappa shape index (κ3) is 4.59. The van der Waals surface area contributed by atoms with Crippen LogP contribution in [0.1, 0.15) is 5.56 Å². The number of hydrazone groups is 1. The average Bonchev–Trinajstić information content (AvgIpc) is 2.63. The minimum absolute atomic E-state index is 0.0435. The molecule has 2 rings (SSSR count). The van der Waals surface area contributed by atoms with E-state index in [0.717, 1.165) is 0 Å². The van der Waals surface area contributed by atoms with E-state index in [2.05, 4.69) is 15.8 Å². The Hall–Kier alpha value is -2.44. The van der Waals surface area contributed by atoms with Gasteiger partial charge in [0.05, 0.1) is 19.9 Å². The zero-order valence-corrected chi connectivity index (χ0v) is 13.8. The highest BCUT2D eigenvalue weighted by molar-refractivity contribution is 5.82. The lowest BCUT2D eigenvalue weighted by atomic mass is 9.98. The van der Waals surface area contributed by atoms with E-state index >= 15 is 0 Å². The van der Waals surface area contributed by atoms with Gasteiger partial charge >= 0.3 is 6.03 Å². The Bertz CT molecular complexity index is 654. The molecule has 7 N–H and O–H groups in total. The zero-order chi connectivity index (χ0) is 19.3. The number of aromatic hydroxyl groups is 1. The van der Waals surface area contributed by atoms with Gasteiger partial charge in [0.2, 0.25) is 0 Å². The molecule has 0 bridgehead atoms. The van der Waals surface area contributed by atoms with Crippen molar-refractivity contribution in [2.24, 2.45) is 5.10 Å². The predicted octanol–water partition coefficient (Wildman–Crippen LogP) is -2.17. The van der Waals surface area contributed by atoms with E-state index < -0.39 is 43.3 Å². The number of phenolic OH excluding ortho intramolecular Hbond substituents is 1. The largest absolute Gasteiger partial charge is 0.504 e. The van der Waals surface area contributed by atoms with Crippen LogP contribution in [0.3, 0.4) is 0 Å². The van der Waals surface area contributed by atoms with Crippen molar-refractivity contribution in [2.75, 3.05) is 13.7 Å². The topological polar surface area (TPSA) is 173 Å². The third-order valence-corrected chi connectivity index (χ3v) is 3.75. The molecule has 26 heavy (non-hydrogen) atoms. The minimum Gasteiger partial charge on any atom is -0.504 e. The smallest absolute Gasteiger partial charge is 0.337 e. The number of benzene rings is 1. The lowest BCUT2D eigenvalue weighted by molar-refractivity contribution is -0.233. The van der Waals surface area contributed by atoms with Crippen LogP contribution in [-0.4, -0.2) is 82.1 Å². The first-order valence-corrected chi connectivity index (χ1v) is 7.64. The molecular weight excluding hydrogens is 350 g/mol. The molecule has 1 aromatic rings. The van der Waals surface area contributed by atoms with Crippen molar-refractivity contribution >= 4 is 12.2 Å². The number of hydrogen-bond donors (Lipinski definition) is 7. The van der Waals surface area contributed by atoms with Crippen molar-refractivity contribution in [3.8, 4) is 11.5 Å². The number of aliphatic hydroxyl groups excluding tert-OH is 4. The number of carbonyl (C=O) groups excluding carboxylic acids is 1. The van der Waals surface area contributed by atoms with E-state index in [9.17, 15) is 25.2 Å². The predicted molar refractivity (Wildman–Crippen MR) is 87.7 cm³/mol. The Kier molecular flexibility index (Phi) is 6.71. The molecule has 5 atom stereocenters. The summed E-state index contributed by atoms with van der Waals surface area (Å²) in [6.07, 6.45) is -5.91. The molecule has 1 heterocycles. The van der Waals surface area contributed by atoms with Gasteiger partial charge in [-0.3, -0.25) is 0 Å². The van der Waals surface area contributed by atoms with E-state index in [0.29, 0.717) is 5.56 Å². The molecule has 11 nitrogen and oxygen atoms in total. The molecule has 1 fully saturated rings. The molecule has 11 heteroatoms. The van der Waals surface area contributed by atoms with Crippen molar-refractivity contribution in [1.82, 2.24) is 10.7 Å². The van der Waals surface area contributed by atoms with Crippen molar-refractivity contribution in [3.05, 3.63) is 23.8 Å². The van der Waals surface area contributed by atoms with Gasteiger partial charge in [0.1, 0.15) is 24.4 Å². The molecule has 1 saturated heterocycles. The normalized spacial score (nSPS) is 28.7. The van der Waals surface area contributed by atoms with Gasteiger partial charge in [-0.2, -0.15) is 5.10 Å². The maximum Gasteiger partial charge on any atom is 0.337 e. The molecule has 0 aromatic heterocycles. The van der Waals surface area contributed by atoms with Crippen LogP contribution in [-0.2, 0) is 4.74 Å². The van der Waals surface area contributed by atoms with Crippen molar-refractivity contribution in [3.63, 3.8) is 0 Å². The Morgan fingerprint density at radius 1 is 1.31 bits per heavy atom. The Balaban J connectivity index is 1.92. The lowest BCUT2D eigenvalue weighted by Crippen LogP contribution is -2.63. The molecule has 0 radical (unpaired) electrons. The van der Waals surface area contributed by atoms with Gasteiger partial charge in [0, 0.05) is 0 Å². The molecule has 0 saturated carbocycles. The number of phenols is 1. The second kappa shape index (κ2) is 8.78. The highest BCUT2D eigenvalue weighted by Crippen LogP contribution is 2.25. The fourth-order valence-corrected chi connectivity index (χ4v) is 2.32. The number of nitrogens with one attached hydrogen (secondary N) is 2. The Morgan fingerprint density at radius 2 is 2.04 bits per heavy atom. The molecule has 5 unspecified atom stereocenters. The molecule has 0 spiro atoms. The average molecular weight is 371 g/mol. The molecule has 2 amide bonds. The summed E-state index contributed by atoms with van der Waals surface area (Å²) in [5.74, 6) is 0.192. The number of rotatable bonds is 5. The van der Waals surface area contributed by atoms with E-state index in [1.165, 1.54) is 25.5 Å². The van der Waals surface area contributed by atoms with Gasteiger partial charge in [-0.05, 0) is 23.8 Å². The van der Waals surface area contributed by atoms with Gasteiger partial charge < -0.3 is 40.3 Å². The standard InChI is InChI=1S/C15H21N3O8/c1-25-9-4-7(2-3-8(9)20)5-16-18-15(24)17-14-13(23)12(22)11(21)10(6-19)26-14/h2-5,10-14,19-23H,6H2,1H3,(H2,17,18,24)/b16-5+. The molecule has 144 valence electrons. The zero-order valence-electron chi connectivity index (χ0n) is 13.8. The SMILES string of the molecule is COc1cc(/C=N/NC(=O)NC2OC(CO)C(O)C(O)C2O)ccc1O. The molecule has 1 aromatic carbocycles. The first kappa shape index (κ1) is 19.9. The summed E-state index contributed by atoms with van der Waals surface area (Å²) in [4.78, 5) is 11.8. The van der Waals surface area contributed by atoms with E-state index in [-0.39, 0.29) is 11.5 Å². The minimum atomic E-state index is -1.60. The number of carbonyl (C=O) groups is 1. The third-order valence-electron chi connectivity index (χ3n) is 3.75. The summed E-state index contributed by atoms with van der Waals surface area (Å²) in [5.41, 5.74) is 2.66. The van der Waals surface area contributed by atoms with Gasteiger partial charge in [0.15, 0.2) is 17.7 Å². The van der Waals surface area contributed by atoms with Crippen LogP contribution in [0.4, 0.5) is 4.79 Å². The van der Waals surface area contributed by atoms with Crippen LogP contribution in [0.5, 0.6) is 11.5 Å². The van der Waals surface area contributed by atoms with Gasteiger partial charge in [-0.1, -0.05) is 0 Å². The summed E-state index contributed by atoms with van der Waals surface area (Å²) in [6, 6.07) is 3.58. The van der Waals surface area contributed by atoms with Crippen LogP contribution in [0.2, 0.25) is 0 Å². The quantitative estimate of drug-likeness (QED) is 0.226. The van der Waals surface area contributed by atoms with E-state index in [1.807, 2.05) is 0 Å². The van der Waals surface area contributed by atoms with Crippen molar-refractivity contribution in [2.45, 2.75) is 30.6 Å². The summed E-state index contributed by atoms with van der Waals surface area (Å²) < 4.78 is 10.1. The van der Waals surface area contributed by atoms with Crippen LogP contribution >= 0.6 is 0 Å². The van der Waals surface area contributed by atoms with E-state index in [4.69, 9.17) is 14.6 Å². The summed E-state index contributed by atoms with van der Waals surface area (Å²) in [6.45, 7) is -0.606. The number of hydrogen-bond acceptors (Lipinski definition) is 9. The first-order valence-electron chi connectivity index (χ1n) is 7.64. The van der Waals surface area contributed by atoms with Gasteiger partial charge in [-0.15, -0.1) is 0 Å². The molecular formula is C15H21N3O8. The highest BCUT2D eigenvalue weighted by atomic mass is 16.6. The number of aliphatic hydroxyl groups is 4. The number of ether oxygens (including phenoxy) is 2. The van der Waals surface area contributed by atoms with Gasteiger partial charge in [-0.25, -0.2) is 10.2 Å². The molecule has 1 aliphatic rings. The molecule has 1 aliphatic heterocycles. The fourth-order valence-electron chi connectivity index (χ4n) is 2.32.